The Balaban J connectivity index is 2.05. The number of benzene rings is 1. The zero-order valence-corrected chi connectivity index (χ0v) is 9.19. The molecule has 2 atom stereocenters. The molecule has 1 aliphatic carbocycles. The van der Waals surface area contributed by atoms with Crippen molar-refractivity contribution in [3.05, 3.63) is 35.4 Å². The molecule has 0 radical (unpaired) electrons. The van der Waals surface area contributed by atoms with Crippen molar-refractivity contribution in [1.82, 2.24) is 0 Å². The van der Waals surface area contributed by atoms with Gasteiger partial charge < -0.3 is 10.8 Å². The maximum absolute atomic E-state index is 10.0. The molecule has 0 aliphatic heterocycles. The van der Waals surface area contributed by atoms with Gasteiger partial charge in [-0.05, 0) is 31.2 Å². The first-order valence-corrected chi connectivity index (χ1v) is 5.68. The fraction of sp³-hybridized carbons (Fsp3) is 0.538. The van der Waals surface area contributed by atoms with Crippen LogP contribution < -0.4 is 5.73 Å². The van der Waals surface area contributed by atoms with Crippen molar-refractivity contribution in [3.63, 3.8) is 0 Å². The molecule has 15 heavy (non-hydrogen) atoms. The van der Waals surface area contributed by atoms with E-state index >= 15 is 0 Å². The van der Waals surface area contributed by atoms with Crippen molar-refractivity contribution in [2.75, 3.05) is 0 Å². The van der Waals surface area contributed by atoms with Crippen LogP contribution in [-0.2, 0) is 0 Å². The zero-order chi connectivity index (χ0) is 10.8. The van der Waals surface area contributed by atoms with E-state index in [2.05, 4.69) is 6.92 Å². The molecule has 2 heteroatoms. The van der Waals surface area contributed by atoms with Gasteiger partial charge in [-0.25, -0.2) is 0 Å². The lowest BCUT2D eigenvalue weighted by Gasteiger charge is -2.33. The monoisotopic (exact) mass is 205 g/mol. The Bertz CT molecular complexity index is 316. The van der Waals surface area contributed by atoms with Gasteiger partial charge in [0.2, 0.25) is 0 Å². The summed E-state index contributed by atoms with van der Waals surface area (Å²) in [4.78, 5) is 0. The largest absolute Gasteiger partial charge is 0.391 e. The highest BCUT2D eigenvalue weighted by Crippen LogP contribution is 2.34. The Labute approximate surface area is 91.1 Å². The van der Waals surface area contributed by atoms with Gasteiger partial charge in [0.15, 0.2) is 0 Å². The van der Waals surface area contributed by atoms with E-state index in [9.17, 15) is 5.11 Å². The highest BCUT2D eigenvalue weighted by molar-refractivity contribution is 5.24. The van der Waals surface area contributed by atoms with Gasteiger partial charge in [-0.2, -0.15) is 0 Å². The van der Waals surface area contributed by atoms with Crippen molar-refractivity contribution >= 4 is 0 Å². The molecule has 2 nitrogen and oxygen atoms in total. The van der Waals surface area contributed by atoms with Crippen LogP contribution in [0.15, 0.2) is 24.3 Å². The van der Waals surface area contributed by atoms with Gasteiger partial charge >= 0.3 is 0 Å². The lowest BCUT2D eigenvalue weighted by Crippen LogP contribution is -2.36. The van der Waals surface area contributed by atoms with E-state index in [0.717, 1.165) is 18.4 Å². The van der Waals surface area contributed by atoms with Crippen LogP contribution in [0.2, 0.25) is 0 Å². The summed E-state index contributed by atoms with van der Waals surface area (Å²) in [5.41, 5.74) is 8.32. The Kier molecular flexibility index (Phi) is 3.08. The van der Waals surface area contributed by atoms with Crippen LogP contribution in [0, 0.1) is 12.8 Å². The SMILES string of the molecule is Cc1ccc([C@H](N)[C@H](O)C2CCC2)cc1. The third-order valence-electron chi connectivity index (χ3n) is 3.46. The Morgan fingerprint density at radius 2 is 1.87 bits per heavy atom. The summed E-state index contributed by atoms with van der Waals surface area (Å²) in [6.07, 6.45) is 3.12. The van der Waals surface area contributed by atoms with Gasteiger partial charge in [-0.3, -0.25) is 0 Å². The quantitative estimate of drug-likeness (QED) is 0.794. The standard InChI is InChI=1S/C13H19NO/c1-9-5-7-10(8-6-9)12(14)13(15)11-3-2-4-11/h5-8,11-13,15H,2-4,14H2,1H3/t12-,13+/m0/s1. The van der Waals surface area contributed by atoms with Crippen molar-refractivity contribution in [1.29, 1.82) is 0 Å². The fourth-order valence-electron chi connectivity index (χ4n) is 2.06. The van der Waals surface area contributed by atoms with Crippen LogP contribution in [0.3, 0.4) is 0 Å². The van der Waals surface area contributed by atoms with Crippen LogP contribution >= 0.6 is 0 Å². The molecule has 1 fully saturated rings. The molecule has 82 valence electrons. The topological polar surface area (TPSA) is 46.2 Å². The van der Waals surface area contributed by atoms with E-state index in [0.29, 0.717) is 5.92 Å². The van der Waals surface area contributed by atoms with Gasteiger partial charge in [0.1, 0.15) is 0 Å². The molecule has 1 aromatic carbocycles. The minimum Gasteiger partial charge on any atom is -0.391 e. The first-order chi connectivity index (χ1) is 7.18. The third kappa shape index (κ3) is 2.21. The molecular formula is C13H19NO. The Morgan fingerprint density at radius 1 is 1.27 bits per heavy atom. The molecule has 0 amide bonds. The molecule has 0 saturated heterocycles. The molecular weight excluding hydrogens is 186 g/mol. The maximum atomic E-state index is 10.0. The molecule has 1 aliphatic rings. The van der Waals surface area contributed by atoms with Crippen LogP contribution in [-0.4, -0.2) is 11.2 Å². The first-order valence-electron chi connectivity index (χ1n) is 5.68. The Morgan fingerprint density at radius 3 is 2.33 bits per heavy atom. The smallest absolute Gasteiger partial charge is 0.0760 e. The number of rotatable bonds is 3. The third-order valence-corrected chi connectivity index (χ3v) is 3.46. The predicted octanol–water partition coefficient (Wildman–Crippen LogP) is 2.16. The number of aliphatic hydroxyl groups is 1. The summed E-state index contributed by atoms with van der Waals surface area (Å²) in [5.74, 6) is 0.418. The van der Waals surface area contributed by atoms with E-state index in [1.807, 2.05) is 24.3 Å². The summed E-state index contributed by atoms with van der Waals surface area (Å²) in [6.45, 7) is 2.05. The van der Waals surface area contributed by atoms with Crippen molar-refractivity contribution < 1.29 is 5.11 Å². The van der Waals surface area contributed by atoms with Crippen LogP contribution in [0.1, 0.15) is 36.4 Å². The second kappa shape index (κ2) is 4.33. The van der Waals surface area contributed by atoms with Gasteiger partial charge in [-0.1, -0.05) is 36.2 Å². The lowest BCUT2D eigenvalue weighted by atomic mass is 9.77. The molecule has 0 spiro atoms. The lowest BCUT2D eigenvalue weighted by molar-refractivity contribution is 0.0414. The number of hydrogen-bond donors (Lipinski definition) is 2. The van der Waals surface area contributed by atoms with Gasteiger partial charge in [0.05, 0.1) is 12.1 Å². The number of nitrogens with two attached hydrogens (primary N) is 1. The van der Waals surface area contributed by atoms with Crippen molar-refractivity contribution in [3.8, 4) is 0 Å². The van der Waals surface area contributed by atoms with E-state index < -0.39 is 0 Å². The summed E-state index contributed by atoms with van der Waals surface area (Å²) < 4.78 is 0. The second-order valence-corrected chi connectivity index (χ2v) is 4.62. The average molecular weight is 205 g/mol. The fourth-order valence-corrected chi connectivity index (χ4v) is 2.06. The van der Waals surface area contributed by atoms with Gasteiger partial charge in [-0.15, -0.1) is 0 Å². The van der Waals surface area contributed by atoms with Gasteiger partial charge in [0, 0.05) is 0 Å². The molecule has 2 rings (SSSR count). The highest BCUT2D eigenvalue weighted by atomic mass is 16.3. The molecule has 0 aromatic heterocycles. The summed E-state index contributed by atoms with van der Waals surface area (Å²) >= 11 is 0. The Hall–Kier alpha value is -0.860. The average Bonchev–Trinajstić information content (AvgIpc) is 2.15. The van der Waals surface area contributed by atoms with Crippen LogP contribution in [0.4, 0.5) is 0 Å². The highest BCUT2D eigenvalue weighted by Gasteiger charge is 2.30. The van der Waals surface area contributed by atoms with E-state index in [-0.39, 0.29) is 12.1 Å². The maximum Gasteiger partial charge on any atom is 0.0760 e. The molecule has 1 aromatic rings. The normalized spacial score (nSPS) is 20.7. The minimum atomic E-state index is -0.374. The van der Waals surface area contributed by atoms with E-state index in [1.54, 1.807) is 0 Å². The first kappa shape index (κ1) is 10.7. The number of aryl methyl sites for hydroxylation is 1. The molecule has 1 saturated carbocycles. The number of hydrogen-bond acceptors (Lipinski definition) is 2. The van der Waals surface area contributed by atoms with E-state index in [4.69, 9.17) is 5.73 Å². The summed E-state index contributed by atoms with van der Waals surface area (Å²) in [6, 6.07) is 7.89. The summed E-state index contributed by atoms with van der Waals surface area (Å²) in [5, 5.41) is 10.0. The van der Waals surface area contributed by atoms with Crippen LogP contribution in [0.5, 0.6) is 0 Å². The molecule has 0 bridgehead atoms. The molecule has 0 unspecified atom stereocenters. The van der Waals surface area contributed by atoms with E-state index in [1.165, 1.54) is 12.0 Å². The van der Waals surface area contributed by atoms with Gasteiger partial charge in [0.25, 0.3) is 0 Å². The zero-order valence-electron chi connectivity index (χ0n) is 9.19. The predicted molar refractivity (Wildman–Crippen MR) is 61.5 cm³/mol. The minimum absolute atomic E-state index is 0.226. The molecule has 0 heterocycles. The van der Waals surface area contributed by atoms with Crippen molar-refractivity contribution in [2.45, 2.75) is 38.3 Å². The molecule has 3 N–H and O–H groups in total. The second-order valence-electron chi connectivity index (χ2n) is 4.62. The summed E-state index contributed by atoms with van der Waals surface area (Å²) in [7, 11) is 0. The number of aliphatic hydroxyl groups excluding tert-OH is 1. The van der Waals surface area contributed by atoms with Crippen LogP contribution in [0.25, 0.3) is 0 Å². The van der Waals surface area contributed by atoms with Crippen molar-refractivity contribution in [2.24, 2.45) is 11.7 Å².